The predicted octanol–water partition coefficient (Wildman–Crippen LogP) is 0.507. The average molecular weight is 237 g/mol. The van der Waals surface area contributed by atoms with E-state index in [1.807, 2.05) is 4.90 Å². The Bertz CT molecular complexity index is 402. The average Bonchev–Trinajstić information content (AvgIpc) is 2.68. The second-order valence-electron chi connectivity index (χ2n) is 4.75. The van der Waals surface area contributed by atoms with Crippen molar-refractivity contribution in [3.8, 4) is 0 Å². The summed E-state index contributed by atoms with van der Waals surface area (Å²) >= 11 is 0. The summed E-state index contributed by atoms with van der Waals surface area (Å²) in [6.07, 6.45) is 3.77. The molecule has 2 N–H and O–H groups in total. The first-order valence-electron chi connectivity index (χ1n) is 6.02. The number of likely N-dealkylation sites (tertiary alicyclic amines) is 1. The van der Waals surface area contributed by atoms with Gasteiger partial charge in [-0.2, -0.15) is 0 Å². The fraction of sp³-hybridized carbons (Fsp3) is 0.727. The van der Waals surface area contributed by atoms with E-state index in [1.54, 1.807) is 0 Å². The maximum absolute atomic E-state index is 12.1. The van der Waals surface area contributed by atoms with Crippen LogP contribution < -0.4 is 5.73 Å². The van der Waals surface area contributed by atoms with Crippen LogP contribution in [-0.4, -0.2) is 38.2 Å². The predicted molar refractivity (Wildman–Crippen MR) is 64.0 cm³/mol. The summed E-state index contributed by atoms with van der Waals surface area (Å²) < 4.78 is 1.49. The molecular formula is C11H19N5O. The van der Waals surface area contributed by atoms with Crippen molar-refractivity contribution in [3.05, 3.63) is 6.33 Å². The number of carbonyl (C=O) groups excluding carboxylic acids is 1. The normalized spacial score (nSPS) is 24.9. The summed E-state index contributed by atoms with van der Waals surface area (Å²) in [5.41, 5.74) is 5.41. The maximum Gasteiger partial charge on any atom is 0.244 e. The molecule has 1 saturated heterocycles. The number of rotatable bonds is 2. The van der Waals surface area contributed by atoms with E-state index in [4.69, 9.17) is 5.73 Å². The Morgan fingerprint density at radius 1 is 1.59 bits per heavy atom. The highest BCUT2D eigenvalue weighted by molar-refractivity contribution is 5.76. The van der Waals surface area contributed by atoms with E-state index in [9.17, 15) is 4.79 Å². The van der Waals surface area contributed by atoms with Crippen LogP contribution in [0.3, 0.4) is 0 Å². The summed E-state index contributed by atoms with van der Waals surface area (Å²) in [5, 5.41) is 3.93. The highest BCUT2D eigenvalue weighted by Gasteiger charge is 2.28. The summed E-state index contributed by atoms with van der Waals surface area (Å²) in [6, 6.07) is 0.303. The number of piperidine rings is 1. The zero-order valence-electron chi connectivity index (χ0n) is 10.3. The van der Waals surface area contributed by atoms with Gasteiger partial charge < -0.3 is 10.6 Å². The van der Waals surface area contributed by atoms with E-state index in [0.717, 1.165) is 13.0 Å². The first kappa shape index (κ1) is 11.9. The molecule has 1 amide bonds. The number of carbonyl (C=O) groups is 1. The minimum absolute atomic E-state index is 0.0916. The molecule has 0 aliphatic carbocycles. The lowest BCUT2D eigenvalue weighted by atomic mass is 9.92. The molecule has 0 spiro atoms. The minimum Gasteiger partial charge on any atom is -0.367 e. The molecule has 1 aliphatic heterocycles. The Morgan fingerprint density at radius 2 is 2.35 bits per heavy atom. The van der Waals surface area contributed by atoms with Gasteiger partial charge >= 0.3 is 0 Å². The van der Waals surface area contributed by atoms with Crippen molar-refractivity contribution >= 4 is 11.9 Å². The second kappa shape index (κ2) is 4.73. The van der Waals surface area contributed by atoms with E-state index in [-0.39, 0.29) is 18.4 Å². The van der Waals surface area contributed by atoms with Crippen LogP contribution in [0.2, 0.25) is 0 Å². The number of nitrogens with zero attached hydrogens (tertiary/aromatic N) is 4. The van der Waals surface area contributed by atoms with Gasteiger partial charge in [0.05, 0.1) is 0 Å². The van der Waals surface area contributed by atoms with Crippen LogP contribution >= 0.6 is 0 Å². The van der Waals surface area contributed by atoms with E-state index < -0.39 is 0 Å². The van der Waals surface area contributed by atoms with E-state index in [1.165, 1.54) is 17.4 Å². The molecule has 0 radical (unpaired) electrons. The lowest BCUT2D eigenvalue weighted by Crippen LogP contribution is -2.47. The topological polar surface area (TPSA) is 77.0 Å². The van der Waals surface area contributed by atoms with Crippen molar-refractivity contribution in [1.82, 2.24) is 19.7 Å². The molecule has 94 valence electrons. The van der Waals surface area contributed by atoms with Gasteiger partial charge in [0.1, 0.15) is 12.9 Å². The van der Waals surface area contributed by atoms with Gasteiger partial charge in [0.2, 0.25) is 11.9 Å². The fourth-order valence-electron chi connectivity index (χ4n) is 2.30. The lowest BCUT2D eigenvalue weighted by Gasteiger charge is -2.37. The molecule has 2 heterocycles. The molecule has 0 saturated carbocycles. The van der Waals surface area contributed by atoms with E-state index in [2.05, 4.69) is 23.9 Å². The molecule has 1 aromatic heterocycles. The molecule has 1 aromatic rings. The van der Waals surface area contributed by atoms with Gasteiger partial charge in [0, 0.05) is 12.6 Å². The number of nitrogens with two attached hydrogens (primary N) is 1. The lowest BCUT2D eigenvalue weighted by molar-refractivity contribution is -0.136. The third-order valence-corrected chi connectivity index (χ3v) is 3.55. The van der Waals surface area contributed by atoms with Crippen LogP contribution in [0.5, 0.6) is 0 Å². The first-order chi connectivity index (χ1) is 8.08. The summed E-state index contributed by atoms with van der Waals surface area (Å²) in [7, 11) is 0. The van der Waals surface area contributed by atoms with Gasteiger partial charge in [0.25, 0.3) is 0 Å². The SMILES string of the molecule is CC1CCCN(C(=O)Cn2cnc(N)n2)C1C. The Hall–Kier alpha value is -1.59. The molecule has 6 heteroatoms. The number of amides is 1. The number of aromatic nitrogens is 3. The number of anilines is 1. The molecule has 1 fully saturated rings. The van der Waals surface area contributed by atoms with Crippen molar-refractivity contribution in [2.45, 2.75) is 39.3 Å². The monoisotopic (exact) mass is 237 g/mol. The molecule has 2 rings (SSSR count). The highest BCUT2D eigenvalue weighted by Crippen LogP contribution is 2.22. The van der Waals surface area contributed by atoms with Gasteiger partial charge in [0.15, 0.2) is 0 Å². The van der Waals surface area contributed by atoms with Crippen LogP contribution in [0.15, 0.2) is 6.33 Å². The Kier molecular flexibility index (Phi) is 3.31. The third kappa shape index (κ3) is 2.57. The van der Waals surface area contributed by atoms with Gasteiger partial charge in [-0.3, -0.25) is 4.79 Å². The molecule has 0 bridgehead atoms. The van der Waals surface area contributed by atoms with Crippen molar-refractivity contribution in [2.24, 2.45) is 5.92 Å². The Balaban J connectivity index is 1.99. The largest absolute Gasteiger partial charge is 0.367 e. The maximum atomic E-state index is 12.1. The number of hydrogen-bond acceptors (Lipinski definition) is 4. The van der Waals surface area contributed by atoms with Crippen molar-refractivity contribution in [2.75, 3.05) is 12.3 Å². The smallest absolute Gasteiger partial charge is 0.244 e. The van der Waals surface area contributed by atoms with Gasteiger partial charge in [-0.05, 0) is 25.7 Å². The van der Waals surface area contributed by atoms with Crippen molar-refractivity contribution < 1.29 is 4.79 Å². The molecule has 6 nitrogen and oxygen atoms in total. The number of hydrogen-bond donors (Lipinski definition) is 1. The second-order valence-corrected chi connectivity index (χ2v) is 4.75. The molecule has 2 unspecified atom stereocenters. The van der Waals surface area contributed by atoms with Crippen LogP contribution in [0.1, 0.15) is 26.7 Å². The van der Waals surface area contributed by atoms with Crippen LogP contribution in [0.4, 0.5) is 5.95 Å². The molecular weight excluding hydrogens is 218 g/mol. The minimum atomic E-state index is 0.0916. The van der Waals surface area contributed by atoms with Crippen LogP contribution in [-0.2, 0) is 11.3 Å². The Morgan fingerprint density at radius 3 is 3.00 bits per heavy atom. The van der Waals surface area contributed by atoms with E-state index in [0.29, 0.717) is 12.0 Å². The zero-order chi connectivity index (χ0) is 12.4. The molecule has 0 aromatic carbocycles. The highest BCUT2D eigenvalue weighted by atomic mass is 16.2. The fourth-order valence-corrected chi connectivity index (χ4v) is 2.30. The van der Waals surface area contributed by atoms with Gasteiger partial charge in [-0.1, -0.05) is 6.92 Å². The van der Waals surface area contributed by atoms with Crippen LogP contribution in [0.25, 0.3) is 0 Å². The van der Waals surface area contributed by atoms with Gasteiger partial charge in [-0.25, -0.2) is 9.67 Å². The summed E-state index contributed by atoms with van der Waals surface area (Å²) in [6.45, 7) is 5.37. The molecule has 1 aliphatic rings. The first-order valence-corrected chi connectivity index (χ1v) is 6.02. The summed E-state index contributed by atoms with van der Waals surface area (Å²) in [4.78, 5) is 17.9. The Labute approximate surface area is 101 Å². The third-order valence-electron chi connectivity index (χ3n) is 3.55. The van der Waals surface area contributed by atoms with Gasteiger partial charge in [-0.15, -0.1) is 5.10 Å². The summed E-state index contributed by atoms with van der Waals surface area (Å²) in [5.74, 6) is 0.861. The standard InChI is InChI=1S/C11H19N5O/c1-8-4-3-5-16(9(8)2)10(17)6-15-7-13-11(12)14-15/h7-9H,3-6H2,1-2H3,(H2,12,14). The van der Waals surface area contributed by atoms with Crippen molar-refractivity contribution in [1.29, 1.82) is 0 Å². The van der Waals surface area contributed by atoms with Crippen LogP contribution in [0, 0.1) is 5.92 Å². The molecule has 17 heavy (non-hydrogen) atoms. The van der Waals surface area contributed by atoms with E-state index >= 15 is 0 Å². The zero-order valence-corrected chi connectivity index (χ0v) is 10.3. The quantitative estimate of drug-likeness (QED) is 0.813. The molecule has 2 atom stereocenters. The van der Waals surface area contributed by atoms with Crippen molar-refractivity contribution in [3.63, 3.8) is 0 Å². The number of nitrogen functional groups attached to an aromatic ring is 1.